The van der Waals surface area contributed by atoms with Crippen molar-refractivity contribution in [3.63, 3.8) is 0 Å². The molecule has 0 fully saturated rings. The van der Waals surface area contributed by atoms with E-state index in [0.717, 1.165) is 29.5 Å². The molecule has 0 aliphatic carbocycles. The molecule has 0 aliphatic rings. The van der Waals surface area contributed by atoms with Crippen molar-refractivity contribution in [2.45, 2.75) is 26.2 Å². The standard InChI is InChI=1S/C6H16O2Si.2BrH.Mg/c1-3-7-6(5-9)8-4-2;;;/h6H,3-5H2,1-2,9H3;2*1H;/q;;;+2/p-2. The molecule has 0 saturated carbocycles. The Hall–Kier alpha value is 1.86. The topological polar surface area (TPSA) is 18.5 Å². The zero-order valence-corrected chi connectivity index (χ0v) is 14.6. The number of hydrogen-bond acceptors (Lipinski definition) is 2. The molecular weight excluding hydrogens is 316 g/mol. The van der Waals surface area contributed by atoms with E-state index in [1.54, 1.807) is 0 Å². The predicted molar refractivity (Wildman–Crippen MR) is 47.5 cm³/mol. The zero-order chi connectivity index (χ0) is 7.11. The smallest absolute Gasteiger partial charge is 1.00 e. The molecule has 0 saturated heterocycles. The van der Waals surface area contributed by atoms with Crippen molar-refractivity contribution in [1.82, 2.24) is 0 Å². The molecule has 0 aromatic carbocycles. The van der Waals surface area contributed by atoms with Crippen LogP contribution < -0.4 is 34.0 Å². The van der Waals surface area contributed by atoms with E-state index in [0.29, 0.717) is 0 Å². The van der Waals surface area contributed by atoms with Gasteiger partial charge in [-0.25, -0.2) is 0 Å². The number of rotatable bonds is 5. The second kappa shape index (κ2) is 18.6. The molecule has 0 amide bonds. The van der Waals surface area contributed by atoms with Gasteiger partial charge < -0.3 is 43.4 Å². The summed E-state index contributed by atoms with van der Waals surface area (Å²) in [6.07, 6.45) is 0.0756. The van der Waals surface area contributed by atoms with Gasteiger partial charge in [0.25, 0.3) is 0 Å². The molecular formula is C6H16Br2MgO2Si. The summed E-state index contributed by atoms with van der Waals surface area (Å²) in [5, 5.41) is 0. The van der Waals surface area contributed by atoms with E-state index in [-0.39, 0.29) is 63.3 Å². The fourth-order valence-corrected chi connectivity index (χ4v) is 1.13. The number of ether oxygens (including phenoxy) is 2. The maximum absolute atomic E-state index is 5.24. The van der Waals surface area contributed by atoms with Crippen molar-refractivity contribution in [1.29, 1.82) is 0 Å². The van der Waals surface area contributed by atoms with Crippen LogP contribution in [0.25, 0.3) is 0 Å². The van der Waals surface area contributed by atoms with Gasteiger partial charge >= 0.3 is 23.1 Å². The molecule has 0 heterocycles. The molecule has 6 heteroatoms. The summed E-state index contributed by atoms with van der Waals surface area (Å²) < 4.78 is 10.5. The van der Waals surface area contributed by atoms with E-state index in [9.17, 15) is 0 Å². The Bertz CT molecular complexity index is 65.5. The quantitative estimate of drug-likeness (QED) is 0.369. The van der Waals surface area contributed by atoms with E-state index in [1.165, 1.54) is 0 Å². The van der Waals surface area contributed by atoms with Crippen molar-refractivity contribution in [2.24, 2.45) is 0 Å². The van der Waals surface area contributed by atoms with Crippen molar-refractivity contribution in [3.8, 4) is 0 Å². The van der Waals surface area contributed by atoms with E-state index in [2.05, 4.69) is 0 Å². The molecule has 0 bridgehead atoms. The van der Waals surface area contributed by atoms with Gasteiger partial charge in [0.05, 0.1) is 0 Å². The fraction of sp³-hybridized carbons (Fsp3) is 1.00. The third-order valence-electron chi connectivity index (χ3n) is 1.04. The van der Waals surface area contributed by atoms with Gasteiger partial charge in [-0.15, -0.1) is 0 Å². The average Bonchev–Trinajstić information content (AvgIpc) is 1.88. The van der Waals surface area contributed by atoms with Crippen molar-refractivity contribution < 1.29 is 43.4 Å². The summed E-state index contributed by atoms with van der Waals surface area (Å²) >= 11 is 0. The molecule has 0 aromatic heterocycles. The van der Waals surface area contributed by atoms with E-state index >= 15 is 0 Å². The van der Waals surface area contributed by atoms with Crippen molar-refractivity contribution >= 4 is 33.3 Å². The summed E-state index contributed by atoms with van der Waals surface area (Å²) in [7, 11) is 1.15. The molecule has 0 aliphatic heterocycles. The molecule has 12 heavy (non-hydrogen) atoms. The zero-order valence-electron chi connectivity index (χ0n) is 7.98. The van der Waals surface area contributed by atoms with Crippen LogP contribution in [0.15, 0.2) is 0 Å². The first-order valence-electron chi connectivity index (χ1n) is 3.58. The molecule has 0 N–H and O–H groups in total. The molecule has 2 nitrogen and oxygen atoms in total. The van der Waals surface area contributed by atoms with Crippen molar-refractivity contribution in [3.05, 3.63) is 0 Å². The third-order valence-corrected chi connectivity index (χ3v) is 1.71. The molecule has 72 valence electrons. The van der Waals surface area contributed by atoms with Gasteiger partial charge in [0.15, 0.2) is 6.29 Å². The van der Waals surface area contributed by atoms with Gasteiger partial charge in [0, 0.05) is 23.5 Å². The first-order chi connectivity index (χ1) is 4.35. The summed E-state index contributed by atoms with van der Waals surface area (Å²) in [5.74, 6) is 0. The van der Waals surface area contributed by atoms with E-state index < -0.39 is 0 Å². The van der Waals surface area contributed by atoms with Crippen LogP contribution in [0.5, 0.6) is 0 Å². The second-order valence-electron chi connectivity index (χ2n) is 1.75. The Balaban J connectivity index is -0.000000107. The monoisotopic (exact) mass is 330 g/mol. The Morgan fingerprint density at radius 1 is 1.08 bits per heavy atom. The average molecular weight is 332 g/mol. The van der Waals surface area contributed by atoms with E-state index in [4.69, 9.17) is 9.47 Å². The van der Waals surface area contributed by atoms with E-state index in [1.807, 2.05) is 13.8 Å². The Kier molecular flexibility index (Phi) is 36.6. The largest absolute Gasteiger partial charge is 2.00 e. The molecule has 0 rings (SSSR count). The second-order valence-corrected chi connectivity index (χ2v) is 2.56. The Morgan fingerprint density at radius 2 is 1.42 bits per heavy atom. The summed E-state index contributed by atoms with van der Waals surface area (Å²) in [4.78, 5) is 0. The Morgan fingerprint density at radius 3 is 1.58 bits per heavy atom. The van der Waals surface area contributed by atoms with Crippen LogP contribution >= 0.6 is 0 Å². The molecule has 0 radical (unpaired) electrons. The van der Waals surface area contributed by atoms with Gasteiger partial charge in [0.2, 0.25) is 0 Å². The fourth-order valence-electron chi connectivity index (χ4n) is 0.656. The first-order valence-corrected chi connectivity index (χ1v) is 4.99. The third kappa shape index (κ3) is 14.4. The van der Waals surface area contributed by atoms with Crippen LogP contribution in [0.2, 0.25) is 6.04 Å². The number of hydrogen-bond donors (Lipinski definition) is 0. The number of halogens is 2. The van der Waals surface area contributed by atoms with Crippen LogP contribution in [0.3, 0.4) is 0 Å². The van der Waals surface area contributed by atoms with Crippen LogP contribution in [0, 0.1) is 0 Å². The SMILES string of the molecule is CCOC(C[SiH3])OCC.[Br-].[Br-].[Mg+2]. The van der Waals surface area contributed by atoms with Crippen LogP contribution in [-0.4, -0.2) is 52.8 Å². The van der Waals surface area contributed by atoms with Crippen molar-refractivity contribution in [2.75, 3.05) is 13.2 Å². The van der Waals surface area contributed by atoms with Gasteiger partial charge in [0.1, 0.15) is 0 Å². The van der Waals surface area contributed by atoms with Crippen LogP contribution in [0.4, 0.5) is 0 Å². The summed E-state index contributed by atoms with van der Waals surface area (Å²) in [6, 6.07) is 1.07. The minimum Gasteiger partial charge on any atom is -1.00 e. The first kappa shape index (κ1) is 23.6. The summed E-state index contributed by atoms with van der Waals surface area (Å²) in [6.45, 7) is 5.49. The maximum atomic E-state index is 5.24. The minimum atomic E-state index is 0. The van der Waals surface area contributed by atoms with Gasteiger partial charge in [-0.1, -0.05) is 0 Å². The maximum Gasteiger partial charge on any atom is 2.00 e. The summed E-state index contributed by atoms with van der Waals surface area (Å²) in [5.41, 5.74) is 0. The molecule has 0 atom stereocenters. The predicted octanol–water partition coefficient (Wildman–Crippen LogP) is -6.20. The van der Waals surface area contributed by atoms with Crippen LogP contribution in [-0.2, 0) is 9.47 Å². The normalized spacial score (nSPS) is 8.25. The minimum absolute atomic E-state index is 0. The molecule has 0 unspecified atom stereocenters. The van der Waals surface area contributed by atoms with Gasteiger partial charge in [-0.3, -0.25) is 0 Å². The van der Waals surface area contributed by atoms with Gasteiger partial charge in [-0.05, 0) is 19.9 Å². The van der Waals surface area contributed by atoms with Crippen LogP contribution in [0.1, 0.15) is 13.8 Å². The molecule has 0 spiro atoms. The van der Waals surface area contributed by atoms with Gasteiger partial charge in [-0.2, -0.15) is 0 Å². The molecule has 0 aromatic rings. The Labute approximate surface area is 115 Å².